The van der Waals surface area contributed by atoms with Gasteiger partial charge >= 0.3 is 0 Å². The highest BCUT2D eigenvalue weighted by molar-refractivity contribution is 7.99. The van der Waals surface area contributed by atoms with E-state index in [0.29, 0.717) is 0 Å². The fourth-order valence-corrected chi connectivity index (χ4v) is 13.2. The van der Waals surface area contributed by atoms with Gasteiger partial charge in [-0.05, 0) is 139 Å². The van der Waals surface area contributed by atoms with Gasteiger partial charge in [0.15, 0.2) is 0 Å². The highest BCUT2D eigenvalue weighted by Crippen LogP contribution is 2.63. The van der Waals surface area contributed by atoms with E-state index in [9.17, 15) is 0 Å². The van der Waals surface area contributed by atoms with E-state index < -0.39 is 5.41 Å². The standard InChI is InChI=1S/C66H45NOS/c1-65(2)55-21-9-6-18-48(55)50-35-30-45(39-60(50)65)43-28-32-46(33-29-43)67(61-25-13-8-20-51(61)54-41-68-62-37-31-44(38-53(54)62)42-16-4-3-5-17-42)47-34-36-57-52(40-47)49-19-7-10-22-56(49)66(57)58-23-11-14-26-63(58)69-64-27-15-12-24-59(64)66/h3-41H,1-2H3. The van der Waals surface area contributed by atoms with Crippen molar-refractivity contribution in [3.05, 3.63) is 270 Å². The van der Waals surface area contributed by atoms with E-state index in [1.54, 1.807) is 0 Å². The SMILES string of the molecule is CC1(C)c2ccccc2-c2ccc(-c3ccc(N(c4ccc5c(c4)-c4ccccc4C54c5ccccc5Sc5ccccc54)c4ccccc4-c4coc5ccc(-c6ccccc6)cc45)cc3)cc21. The van der Waals surface area contributed by atoms with Crippen LogP contribution in [0.25, 0.3) is 66.6 Å². The first-order valence-electron chi connectivity index (χ1n) is 23.9. The Labute approximate surface area is 407 Å². The molecule has 0 N–H and O–H groups in total. The number of fused-ring (bicyclic) bond motifs is 13. The minimum atomic E-state index is -0.453. The summed E-state index contributed by atoms with van der Waals surface area (Å²) in [5, 5.41) is 1.08. The van der Waals surface area contributed by atoms with Crippen molar-refractivity contribution in [3.63, 3.8) is 0 Å². The lowest BCUT2D eigenvalue weighted by molar-refractivity contribution is 0.617. The summed E-state index contributed by atoms with van der Waals surface area (Å²) in [6, 6.07) is 85.4. The molecule has 2 nitrogen and oxygen atoms in total. The van der Waals surface area contributed by atoms with Gasteiger partial charge < -0.3 is 9.32 Å². The molecule has 1 aliphatic heterocycles. The van der Waals surface area contributed by atoms with Gasteiger partial charge in [-0.2, -0.15) is 0 Å². The van der Waals surface area contributed by atoms with Gasteiger partial charge in [0.25, 0.3) is 0 Å². The van der Waals surface area contributed by atoms with E-state index in [1.807, 2.05) is 18.0 Å². The predicted octanol–water partition coefficient (Wildman–Crippen LogP) is 18.0. The van der Waals surface area contributed by atoms with Gasteiger partial charge in [0.1, 0.15) is 5.58 Å². The molecule has 0 atom stereocenters. The van der Waals surface area contributed by atoms with E-state index in [-0.39, 0.29) is 5.41 Å². The van der Waals surface area contributed by atoms with E-state index in [4.69, 9.17) is 4.42 Å². The zero-order valence-electron chi connectivity index (χ0n) is 38.3. The molecule has 0 fully saturated rings. The lowest BCUT2D eigenvalue weighted by Crippen LogP contribution is -2.31. The highest BCUT2D eigenvalue weighted by Gasteiger charge is 2.50. The van der Waals surface area contributed by atoms with Crippen LogP contribution in [-0.2, 0) is 10.8 Å². The first kappa shape index (κ1) is 40.0. The number of nitrogens with zero attached hydrogens (tertiary/aromatic N) is 1. The van der Waals surface area contributed by atoms with Gasteiger partial charge in [0, 0.05) is 43.1 Å². The van der Waals surface area contributed by atoms with Crippen molar-refractivity contribution in [1.82, 2.24) is 0 Å². The van der Waals surface area contributed by atoms with Crippen molar-refractivity contribution in [1.29, 1.82) is 0 Å². The largest absolute Gasteiger partial charge is 0.464 e. The number of para-hydroxylation sites is 1. The summed E-state index contributed by atoms with van der Waals surface area (Å²) >= 11 is 1.88. The Balaban J connectivity index is 0.959. The summed E-state index contributed by atoms with van der Waals surface area (Å²) in [5.74, 6) is 0. The van der Waals surface area contributed by atoms with Crippen molar-refractivity contribution in [2.45, 2.75) is 34.5 Å². The van der Waals surface area contributed by atoms with Crippen LogP contribution >= 0.6 is 11.8 Å². The molecule has 1 spiro atoms. The molecule has 326 valence electrons. The maximum absolute atomic E-state index is 6.37. The molecule has 0 bridgehead atoms. The molecule has 3 heteroatoms. The van der Waals surface area contributed by atoms with Crippen molar-refractivity contribution in [2.75, 3.05) is 4.90 Å². The molecule has 0 radical (unpaired) electrons. The number of rotatable bonds is 6. The van der Waals surface area contributed by atoms with Crippen LogP contribution in [0, 0.1) is 0 Å². The number of hydrogen-bond acceptors (Lipinski definition) is 3. The van der Waals surface area contributed by atoms with Crippen molar-refractivity contribution < 1.29 is 4.42 Å². The molecule has 11 aromatic rings. The smallest absolute Gasteiger partial charge is 0.134 e. The second-order valence-corrected chi connectivity index (χ2v) is 20.3. The van der Waals surface area contributed by atoms with E-state index >= 15 is 0 Å². The maximum Gasteiger partial charge on any atom is 0.134 e. The number of anilines is 3. The zero-order chi connectivity index (χ0) is 45.8. The lowest BCUT2D eigenvalue weighted by Gasteiger charge is -2.39. The minimum Gasteiger partial charge on any atom is -0.464 e. The normalized spacial score (nSPS) is 14.1. The van der Waals surface area contributed by atoms with Crippen molar-refractivity contribution >= 4 is 39.8 Å². The number of furan rings is 1. The fourth-order valence-electron chi connectivity index (χ4n) is 12.0. The van der Waals surface area contributed by atoms with Crippen molar-refractivity contribution in [3.8, 4) is 55.6 Å². The molecule has 0 saturated carbocycles. The van der Waals surface area contributed by atoms with E-state index in [2.05, 4.69) is 249 Å². The Bertz CT molecular complexity index is 3810. The third-order valence-electron chi connectivity index (χ3n) is 15.2. The zero-order valence-corrected chi connectivity index (χ0v) is 39.1. The molecule has 0 unspecified atom stereocenters. The Morgan fingerprint density at radius 3 is 1.65 bits per heavy atom. The maximum atomic E-state index is 6.37. The van der Waals surface area contributed by atoms with Crippen LogP contribution in [0.4, 0.5) is 17.1 Å². The summed E-state index contributed by atoms with van der Waals surface area (Å²) in [5.41, 5.74) is 23.7. The summed E-state index contributed by atoms with van der Waals surface area (Å²) in [6.45, 7) is 4.71. The topological polar surface area (TPSA) is 16.4 Å². The van der Waals surface area contributed by atoms with Gasteiger partial charge in [-0.1, -0.05) is 195 Å². The van der Waals surface area contributed by atoms with Crippen LogP contribution in [0.1, 0.15) is 47.2 Å². The first-order valence-corrected chi connectivity index (χ1v) is 24.7. The average Bonchev–Trinajstić information content (AvgIpc) is 4.03. The summed E-state index contributed by atoms with van der Waals surface area (Å²) in [6.07, 6.45) is 1.94. The summed E-state index contributed by atoms with van der Waals surface area (Å²) < 4.78 is 6.37. The third kappa shape index (κ3) is 5.87. The average molecular weight is 900 g/mol. The van der Waals surface area contributed by atoms with Crippen LogP contribution in [0.5, 0.6) is 0 Å². The van der Waals surface area contributed by atoms with Crippen LogP contribution in [0.2, 0.25) is 0 Å². The quantitative estimate of drug-likeness (QED) is 0.165. The summed E-state index contributed by atoms with van der Waals surface area (Å²) in [7, 11) is 0. The van der Waals surface area contributed by atoms with Gasteiger partial charge in [-0.3, -0.25) is 0 Å². The monoisotopic (exact) mass is 899 g/mol. The fraction of sp³-hybridized carbons (Fsp3) is 0.0606. The van der Waals surface area contributed by atoms with Gasteiger partial charge in [-0.25, -0.2) is 0 Å². The van der Waals surface area contributed by atoms with Crippen LogP contribution in [0.15, 0.2) is 251 Å². The molecule has 3 aliphatic rings. The molecule has 0 amide bonds. The molecular formula is C66H45NOS. The molecular weight excluding hydrogens is 855 g/mol. The molecule has 69 heavy (non-hydrogen) atoms. The Morgan fingerprint density at radius 2 is 0.899 bits per heavy atom. The Hall–Kier alpha value is -8.11. The molecule has 1 aromatic heterocycles. The van der Waals surface area contributed by atoms with Crippen molar-refractivity contribution in [2.24, 2.45) is 0 Å². The van der Waals surface area contributed by atoms with Gasteiger partial charge in [0.2, 0.25) is 0 Å². The molecule has 0 saturated heterocycles. The number of benzene rings is 10. The third-order valence-corrected chi connectivity index (χ3v) is 16.4. The second kappa shape index (κ2) is 15.2. The number of hydrogen-bond donors (Lipinski definition) is 0. The Kier molecular flexibility index (Phi) is 8.81. The molecule has 2 heterocycles. The second-order valence-electron chi connectivity index (χ2n) is 19.2. The van der Waals surface area contributed by atoms with Gasteiger partial charge in [0.05, 0.1) is 17.4 Å². The van der Waals surface area contributed by atoms with E-state index in [0.717, 1.165) is 44.7 Å². The first-order chi connectivity index (χ1) is 34.0. The van der Waals surface area contributed by atoms with E-state index in [1.165, 1.54) is 82.1 Å². The predicted molar refractivity (Wildman–Crippen MR) is 286 cm³/mol. The van der Waals surface area contributed by atoms with Crippen LogP contribution in [-0.4, -0.2) is 0 Å². The minimum absolute atomic E-state index is 0.0765. The lowest BCUT2D eigenvalue weighted by atomic mass is 9.67. The molecule has 14 rings (SSSR count). The van der Waals surface area contributed by atoms with Gasteiger partial charge in [-0.15, -0.1) is 0 Å². The summed E-state index contributed by atoms with van der Waals surface area (Å²) in [4.78, 5) is 5.06. The Morgan fingerprint density at radius 1 is 0.362 bits per heavy atom. The van der Waals surface area contributed by atoms with Crippen LogP contribution in [0.3, 0.4) is 0 Å². The molecule has 10 aromatic carbocycles. The van der Waals surface area contributed by atoms with Crippen LogP contribution < -0.4 is 4.90 Å². The molecule has 2 aliphatic carbocycles. The highest BCUT2D eigenvalue weighted by atomic mass is 32.2.